The Balaban J connectivity index is 2.37. The van der Waals surface area contributed by atoms with Crippen molar-refractivity contribution in [2.24, 2.45) is 5.92 Å². The zero-order chi connectivity index (χ0) is 12.6. The van der Waals surface area contributed by atoms with Crippen molar-refractivity contribution in [3.05, 3.63) is 23.3 Å². The lowest BCUT2D eigenvalue weighted by Gasteiger charge is -2.31. The van der Waals surface area contributed by atoms with Crippen LogP contribution < -0.4 is 10.6 Å². The van der Waals surface area contributed by atoms with Gasteiger partial charge in [0.05, 0.1) is 0 Å². The van der Waals surface area contributed by atoms with Gasteiger partial charge in [-0.2, -0.15) is 0 Å². The SMILES string of the molecule is Cc1cc(N2CCCC(C)C2=O)cc(N)c1C. The Morgan fingerprint density at radius 3 is 2.71 bits per heavy atom. The molecule has 1 unspecified atom stereocenters. The molecule has 1 aromatic rings. The fraction of sp³-hybridized carbons (Fsp3) is 0.500. The number of amides is 1. The van der Waals surface area contributed by atoms with E-state index in [2.05, 4.69) is 6.07 Å². The van der Waals surface area contributed by atoms with E-state index in [1.165, 1.54) is 0 Å². The lowest BCUT2D eigenvalue weighted by Crippen LogP contribution is -2.40. The molecule has 1 aliphatic heterocycles. The van der Waals surface area contributed by atoms with Crippen LogP contribution in [0.1, 0.15) is 30.9 Å². The number of nitrogens with zero attached hydrogens (tertiary/aromatic N) is 1. The smallest absolute Gasteiger partial charge is 0.229 e. The number of carbonyl (C=O) groups excluding carboxylic acids is 1. The second kappa shape index (κ2) is 4.40. The number of benzene rings is 1. The summed E-state index contributed by atoms with van der Waals surface area (Å²) >= 11 is 0. The van der Waals surface area contributed by atoms with E-state index >= 15 is 0 Å². The van der Waals surface area contributed by atoms with E-state index in [0.29, 0.717) is 0 Å². The van der Waals surface area contributed by atoms with Gasteiger partial charge in [-0.3, -0.25) is 4.79 Å². The van der Waals surface area contributed by atoms with Crippen LogP contribution in [0.2, 0.25) is 0 Å². The van der Waals surface area contributed by atoms with Gasteiger partial charge in [-0.1, -0.05) is 6.92 Å². The second-order valence-electron chi connectivity index (χ2n) is 5.01. The van der Waals surface area contributed by atoms with Crippen LogP contribution in [0.3, 0.4) is 0 Å². The molecule has 3 heteroatoms. The maximum Gasteiger partial charge on any atom is 0.229 e. The van der Waals surface area contributed by atoms with Gasteiger partial charge in [0.1, 0.15) is 0 Å². The van der Waals surface area contributed by atoms with Crippen molar-refractivity contribution in [3.8, 4) is 0 Å². The molecule has 92 valence electrons. The lowest BCUT2D eigenvalue weighted by molar-refractivity contribution is -0.123. The van der Waals surface area contributed by atoms with Gasteiger partial charge in [0.2, 0.25) is 5.91 Å². The first-order valence-electron chi connectivity index (χ1n) is 6.19. The lowest BCUT2D eigenvalue weighted by atomic mass is 9.97. The molecule has 17 heavy (non-hydrogen) atoms. The van der Waals surface area contributed by atoms with Gasteiger partial charge in [-0.15, -0.1) is 0 Å². The summed E-state index contributed by atoms with van der Waals surface area (Å²) in [5, 5.41) is 0. The summed E-state index contributed by atoms with van der Waals surface area (Å²) in [7, 11) is 0. The molecule has 1 aliphatic rings. The van der Waals surface area contributed by atoms with Crippen molar-refractivity contribution in [3.63, 3.8) is 0 Å². The van der Waals surface area contributed by atoms with Gasteiger partial charge < -0.3 is 10.6 Å². The minimum absolute atomic E-state index is 0.131. The molecule has 0 spiro atoms. The Bertz CT molecular complexity index is 431. The number of anilines is 2. The standard InChI is InChI=1S/C14H20N2O/c1-9-5-4-6-16(14(9)17)12-7-10(2)11(3)13(15)8-12/h7-9H,4-6,15H2,1-3H3. The van der Waals surface area contributed by atoms with Gasteiger partial charge >= 0.3 is 0 Å². The quantitative estimate of drug-likeness (QED) is 0.757. The Labute approximate surface area is 103 Å². The summed E-state index contributed by atoms with van der Waals surface area (Å²) in [5.74, 6) is 0.352. The largest absolute Gasteiger partial charge is 0.398 e. The molecule has 0 bridgehead atoms. The topological polar surface area (TPSA) is 46.3 Å². The maximum absolute atomic E-state index is 12.1. The fourth-order valence-electron chi connectivity index (χ4n) is 2.33. The number of aryl methyl sites for hydroxylation is 1. The monoisotopic (exact) mass is 232 g/mol. The molecular weight excluding hydrogens is 212 g/mol. The van der Waals surface area contributed by atoms with Crippen LogP contribution >= 0.6 is 0 Å². The highest BCUT2D eigenvalue weighted by Gasteiger charge is 2.26. The average molecular weight is 232 g/mol. The summed E-state index contributed by atoms with van der Waals surface area (Å²) in [5.41, 5.74) is 9.93. The molecule has 2 rings (SSSR count). The highest BCUT2D eigenvalue weighted by molar-refractivity contribution is 5.96. The first-order chi connectivity index (χ1) is 8.00. The zero-order valence-electron chi connectivity index (χ0n) is 10.8. The van der Waals surface area contributed by atoms with Crippen molar-refractivity contribution in [2.45, 2.75) is 33.6 Å². The third-order valence-electron chi connectivity index (χ3n) is 3.71. The summed E-state index contributed by atoms with van der Waals surface area (Å²) in [6, 6.07) is 3.97. The molecule has 1 aromatic carbocycles. The Morgan fingerprint density at radius 1 is 1.35 bits per heavy atom. The summed E-state index contributed by atoms with van der Waals surface area (Å²) < 4.78 is 0. The first-order valence-corrected chi connectivity index (χ1v) is 6.19. The van der Waals surface area contributed by atoms with E-state index in [4.69, 9.17) is 5.73 Å². The van der Waals surface area contributed by atoms with Gasteiger partial charge in [-0.05, 0) is 49.9 Å². The Kier molecular flexibility index (Phi) is 3.09. The fourth-order valence-corrected chi connectivity index (χ4v) is 2.33. The Morgan fingerprint density at radius 2 is 2.06 bits per heavy atom. The van der Waals surface area contributed by atoms with Crippen molar-refractivity contribution in [2.75, 3.05) is 17.2 Å². The van der Waals surface area contributed by atoms with E-state index in [1.807, 2.05) is 31.7 Å². The van der Waals surface area contributed by atoms with Crippen molar-refractivity contribution in [1.29, 1.82) is 0 Å². The highest BCUT2D eigenvalue weighted by Crippen LogP contribution is 2.28. The molecule has 1 amide bonds. The van der Waals surface area contributed by atoms with Crippen LogP contribution in [-0.4, -0.2) is 12.5 Å². The van der Waals surface area contributed by atoms with Gasteiger partial charge in [0, 0.05) is 23.8 Å². The molecule has 3 nitrogen and oxygen atoms in total. The molecule has 1 saturated heterocycles. The van der Waals surface area contributed by atoms with Crippen LogP contribution in [0.5, 0.6) is 0 Å². The summed E-state index contributed by atoms with van der Waals surface area (Å²) in [6.45, 7) is 6.85. The molecule has 2 N–H and O–H groups in total. The third-order valence-corrected chi connectivity index (χ3v) is 3.71. The zero-order valence-corrected chi connectivity index (χ0v) is 10.8. The number of piperidine rings is 1. The van der Waals surface area contributed by atoms with Gasteiger partial charge in [0.15, 0.2) is 0 Å². The molecular formula is C14H20N2O. The van der Waals surface area contributed by atoms with Crippen LogP contribution in [0.15, 0.2) is 12.1 Å². The maximum atomic E-state index is 12.1. The van der Waals surface area contributed by atoms with E-state index < -0.39 is 0 Å². The minimum atomic E-state index is 0.131. The number of nitrogen functional groups attached to an aromatic ring is 1. The van der Waals surface area contributed by atoms with Crippen LogP contribution in [0.25, 0.3) is 0 Å². The van der Waals surface area contributed by atoms with E-state index in [1.54, 1.807) is 0 Å². The van der Waals surface area contributed by atoms with Crippen molar-refractivity contribution in [1.82, 2.24) is 0 Å². The molecule has 0 aliphatic carbocycles. The van der Waals surface area contributed by atoms with E-state index in [9.17, 15) is 4.79 Å². The number of rotatable bonds is 1. The normalized spacial score (nSPS) is 20.8. The van der Waals surface area contributed by atoms with Gasteiger partial charge in [-0.25, -0.2) is 0 Å². The van der Waals surface area contributed by atoms with Crippen molar-refractivity contribution < 1.29 is 4.79 Å². The molecule has 1 atom stereocenters. The predicted octanol–water partition coefficient (Wildman–Crippen LogP) is 2.65. The molecule has 0 saturated carbocycles. The molecule has 1 heterocycles. The number of hydrogen-bond acceptors (Lipinski definition) is 2. The number of hydrogen-bond donors (Lipinski definition) is 1. The molecule has 0 radical (unpaired) electrons. The molecule has 1 fully saturated rings. The van der Waals surface area contributed by atoms with Crippen LogP contribution in [0.4, 0.5) is 11.4 Å². The third kappa shape index (κ3) is 2.14. The Hall–Kier alpha value is -1.51. The highest BCUT2D eigenvalue weighted by atomic mass is 16.2. The minimum Gasteiger partial charge on any atom is -0.398 e. The molecule has 0 aromatic heterocycles. The number of nitrogens with two attached hydrogens (primary N) is 1. The summed E-state index contributed by atoms with van der Waals surface area (Å²) in [4.78, 5) is 14.0. The van der Waals surface area contributed by atoms with Crippen LogP contribution in [0, 0.1) is 19.8 Å². The number of carbonyl (C=O) groups is 1. The van der Waals surface area contributed by atoms with Gasteiger partial charge in [0.25, 0.3) is 0 Å². The first kappa shape index (κ1) is 12.0. The predicted molar refractivity (Wildman–Crippen MR) is 71.1 cm³/mol. The second-order valence-corrected chi connectivity index (χ2v) is 5.01. The van der Waals surface area contributed by atoms with Crippen LogP contribution in [-0.2, 0) is 4.79 Å². The van der Waals surface area contributed by atoms with Crippen molar-refractivity contribution >= 4 is 17.3 Å². The van der Waals surface area contributed by atoms with E-state index in [0.717, 1.165) is 41.9 Å². The average Bonchev–Trinajstić information content (AvgIpc) is 2.29. The summed E-state index contributed by atoms with van der Waals surface area (Å²) in [6.07, 6.45) is 2.06. The van der Waals surface area contributed by atoms with E-state index in [-0.39, 0.29) is 11.8 Å².